The van der Waals surface area contributed by atoms with Gasteiger partial charge in [-0.3, -0.25) is 4.79 Å². The molecule has 2 N–H and O–H groups in total. The molecule has 0 aromatic heterocycles. The van der Waals surface area contributed by atoms with E-state index in [1.54, 1.807) is 31.2 Å². The second-order valence-electron chi connectivity index (χ2n) is 5.46. The van der Waals surface area contributed by atoms with Gasteiger partial charge in [0.15, 0.2) is 0 Å². The van der Waals surface area contributed by atoms with Crippen molar-refractivity contribution in [3.8, 4) is 0 Å². The molecule has 0 heterocycles. The second kappa shape index (κ2) is 8.55. The Morgan fingerprint density at radius 1 is 1.16 bits per heavy atom. The molecule has 25 heavy (non-hydrogen) atoms. The van der Waals surface area contributed by atoms with Crippen LogP contribution in [0.3, 0.4) is 0 Å². The molecule has 0 saturated carbocycles. The van der Waals surface area contributed by atoms with Gasteiger partial charge in [-0.15, -0.1) is 0 Å². The molecule has 2 aromatic rings. The minimum Gasteiger partial charge on any atom is -0.352 e. The summed E-state index contributed by atoms with van der Waals surface area (Å²) in [5, 5.41) is 2.68. The van der Waals surface area contributed by atoms with Crippen molar-refractivity contribution in [1.82, 2.24) is 10.0 Å². The number of hydrogen-bond acceptors (Lipinski definition) is 3. The van der Waals surface area contributed by atoms with E-state index in [2.05, 4.69) is 26.0 Å². The Balaban J connectivity index is 1.79. The van der Waals surface area contributed by atoms with E-state index < -0.39 is 10.0 Å². The van der Waals surface area contributed by atoms with E-state index in [-0.39, 0.29) is 36.1 Å². The van der Waals surface area contributed by atoms with Gasteiger partial charge in [0, 0.05) is 24.0 Å². The van der Waals surface area contributed by atoms with E-state index in [0.29, 0.717) is 5.56 Å². The van der Waals surface area contributed by atoms with Gasteiger partial charge in [-0.25, -0.2) is 17.5 Å². The number of aryl methyl sites for hydroxylation is 1. The Hall–Kier alpha value is -1.77. The Morgan fingerprint density at radius 3 is 2.48 bits per heavy atom. The van der Waals surface area contributed by atoms with E-state index in [1.165, 1.54) is 18.2 Å². The normalized spacial score (nSPS) is 11.3. The molecule has 0 aliphatic heterocycles. The van der Waals surface area contributed by atoms with E-state index in [1.807, 2.05) is 0 Å². The van der Waals surface area contributed by atoms with E-state index in [9.17, 15) is 17.6 Å². The first kappa shape index (κ1) is 19.6. The van der Waals surface area contributed by atoms with E-state index >= 15 is 0 Å². The minimum absolute atomic E-state index is 0.00727. The number of carbonyl (C=O) groups excluding carboxylic acids is 1. The van der Waals surface area contributed by atoms with Gasteiger partial charge in [0.2, 0.25) is 15.9 Å². The number of carbonyl (C=O) groups is 1. The van der Waals surface area contributed by atoms with Crippen molar-refractivity contribution < 1.29 is 17.6 Å². The Kier molecular flexibility index (Phi) is 6.69. The fraction of sp³-hybridized carbons (Fsp3) is 0.235. The highest BCUT2D eigenvalue weighted by Gasteiger charge is 2.13. The van der Waals surface area contributed by atoms with Crippen LogP contribution in [0.2, 0.25) is 0 Å². The maximum absolute atomic E-state index is 13.2. The Morgan fingerprint density at radius 2 is 1.84 bits per heavy atom. The number of nitrogens with one attached hydrogen (secondary N) is 2. The summed E-state index contributed by atoms with van der Waals surface area (Å²) in [4.78, 5) is 11.9. The van der Waals surface area contributed by atoms with Gasteiger partial charge in [-0.1, -0.05) is 28.1 Å². The largest absolute Gasteiger partial charge is 0.352 e. The molecule has 0 unspecified atom stereocenters. The predicted molar refractivity (Wildman–Crippen MR) is 96.9 cm³/mol. The van der Waals surface area contributed by atoms with Crippen LogP contribution in [0.1, 0.15) is 17.5 Å². The molecule has 0 aliphatic carbocycles. The van der Waals surface area contributed by atoms with E-state index in [0.717, 1.165) is 10.0 Å². The van der Waals surface area contributed by atoms with Crippen LogP contribution in [0.25, 0.3) is 0 Å². The van der Waals surface area contributed by atoms with Crippen molar-refractivity contribution in [1.29, 1.82) is 0 Å². The summed E-state index contributed by atoms with van der Waals surface area (Å²) in [6, 6.07) is 10.8. The standard InChI is InChI=1S/C17H18BrFN2O3S/c1-12-10-13(2-7-16(12)19)11-20-17(22)8-9-21-25(23,24)15-5-3-14(18)4-6-15/h2-7,10,21H,8-9,11H2,1H3,(H,20,22). The lowest BCUT2D eigenvalue weighted by atomic mass is 10.1. The summed E-state index contributed by atoms with van der Waals surface area (Å²) >= 11 is 3.24. The van der Waals surface area contributed by atoms with Crippen LogP contribution in [0.15, 0.2) is 51.8 Å². The highest BCUT2D eigenvalue weighted by Crippen LogP contribution is 2.14. The summed E-state index contributed by atoms with van der Waals surface area (Å²) in [6.45, 7) is 1.91. The molecule has 0 radical (unpaired) electrons. The third-order valence-corrected chi connectivity index (χ3v) is 5.49. The Labute approximate surface area is 154 Å². The first-order valence-electron chi connectivity index (χ1n) is 7.55. The molecule has 0 atom stereocenters. The van der Waals surface area contributed by atoms with Crippen molar-refractivity contribution in [2.45, 2.75) is 24.8 Å². The molecule has 134 valence electrons. The van der Waals surface area contributed by atoms with Crippen molar-refractivity contribution in [3.05, 3.63) is 63.9 Å². The number of halogens is 2. The summed E-state index contributed by atoms with van der Waals surface area (Å²) in [5.74, 6) is -0.585. The third kappa shape index (κ3) is 5.91. The SMILES string of the molecule is Cc1cc(CNC(=O)CCNS(=O)(=O)c2ccc(Br)cc2)ccc1F. The molecule has 5 nitrogen and oxygen atoms in total. The van der Waals surface area contributed by atoms with Gasteiger partial charge in [0.1, 0.15) is 5.82 Å². The zero-order chi connectivity index (χ0) is 18.4. The number of benzene rings is 2. The molecule has 0 spiro atoms. The fourth-order valence-corrected chi connectivity index (χ4v) is 3.40. The molecule has 0 fully saturated rings. The molecule has 2 aromatic carbocycles. The van der Waals surface area contributed by atoms with Gasteiger partial charge in [-0.2, -0.15) is 0 Å². The van der Waals surface area contributed by atoms with Crippen LogP contribution in [0.5, 0.6) is 0 Å². The van der Waals surface area contributed by atoms with E-state index in [4.69, 9.17) is 0 Å². The van der Waals surface area contributed by atoms with Gasteiger partial charge in [-0.05, 0) is 48.4 Å². The number of rotatable bonds is 7. The number of sulfonamides is 1. The average Bonchev–Trinajstić information content (AvgIpc) is 2.56. The lowest BCUT2D eigenvalue weighted by Gasteiger charge is -2.08. The first-order chi connectivity index (χ1) is 11.8. The Bertz CT molecular complexity index is 855. The quantitative estimate of drug-likeness (QED) is 0.711. The van der Waals surface area contributed by atoms with Crippen LogP contribution in [-0.4, -0.2) is 20.9 Å². The van der Waals surface area contributed by atoms with Crippen LogP contribution in [0.4, 0.5) is 4.39 Å². The second-order valence-corrected chi connectivity index (χ2v) is 8.14. The molecule has 2 rings (SSSR count). The first-order valence-corrected chi connectivity index (χ1v) is 9.82. The number of amides is 1. The molecular formula is C17H18BrFN2O3S. The van der Waals surface area contributed by atoms with Crippen molar-refractivity contribution >= 4 is 31.9 Å². The number of hydrogen-bond donors (Lipinski definition) is 2. The van der Waals surface area contributed by atoms with Gasteiger partial charge >= 0.3 is 0 Å². The average molecular weight is 429 g/mol. The van der Waals surface area contributed by atoms with Gasteiger partial charge in [0.25, 0.3) is 0 Å². The summed E-state index contributed by atoms with van der Waals surface area (Å²) in [5.41, 5.74) is 1.29. The van der Waals surface area contributed by atoms with Gasteiger partial charge < -0.3 is 5.32 Å². The zero-order valence-corrected chi connectivity index (χ0v) is 16.0. The fourth-order valence-electron chi connectivity index (χ4n) is 2.10. The smallest absolute Gasteiger partial charge is 0.240 e. The monoisotopic (exact) mass is 428 g/mol. The predicted octanol–water partition coefficient (Wildman–Crippen LogP) is 2.88. The molecule has 0 bridgehead atoms. The molecule has 8 heteroatoms. The van der Waals surface area contributed by atoms with Crippen molar-refractivity contribution in [2.75, 3.05) is 6.54 Å². The molecule has 0 saturated heterocycles. The lowest BCUT2D eigenvalue weighted by Crippen LogP contribution is -2.30. The molecular weight excluding hydrogens is 411 g/mol. The summed E-state index contributed by atoms with van der Waals surface area (Å²) in [6.07, 6.45) is 0.00986. The lowest BCUT2D eigenvalue weighted by molar-refractivity contribution is -0.121. The van der Waals surface area contributed by atoms with Crippen LogP contribution < -0.4 is 10.0 Å². The zero-order valence-electron chi connectivity index (χ0n) is 13.6. The topological polar surface area (TPSA) is 75.3 Å². The highest BCUT2D eigenvalue weighted by atomic mass is 79.9. The third-order valence-electron chi connectivity index (χ3n) is 3.48. The maximum atomic E-state index is 13.2. The molecule has 0 aliphatic rings. The minimum atomic E-state index is -3.64. The summed E-state index contributed by atoms with van der Waals surface area (Å²) in [7, 11) is -3.64. The van der Waals surface area contributed by atoms with Crippen LogP contribution >= 0.6 is 15.9 Å². The molecule has 1 amide bonds. The summed E-state index contributed by atoms with van der Waals surface area (Å²) < 4.78 is 40.5. The maximum Gasteiger partial charge on any atom is 0.240 e. The van der Waals surface area contributed by atoms with Gasteiger partial charge in [0.05, 0.1) is 4.90 Å². The van der Waals surface area contributed by atoms with Crippen molar-refractivity contribution in [2.24, 2.45) is 0 Å². The van der Waals surface area contributed by atoms with Crippen LogP contribution in [0, 0.1) is 12.7 Å². The van der Waals surface area contributed by atoms with Crippen molar-refractivity contribution in [3.63, 3.8) is 0 Å². The highest BCUT2D eigenvalue weighted by molar-refractivity contribution is 9.10. The van der Waals surface area contributed by atoms with Crippen LogP contribution in [-0.2, 0) is 21.4 Å².